The largest absolute Gasteiger partial charge is 0.478 e. The normalized spacial score (nSPS) is 11.4. The Morgan fingerprint density at radius 2 is 2.25 bits per heavy atom. The summed E-state index contributed by atoms with van der Waals surface area (Å²) in [5.74, 6) is 0.311. The van der Waals surface area contributed by atoms with Gasteiger partial charge in [0.15, 0.2) is 5.69 Å². The summed E-state index contributed by atoms with van der Waals surface area (Å²) in [6.07, 6.45) is 0.605. The van der Waals surface area contributed by atoms with Gasteiger partial charge >= 0.3 is 5.95 Å². The van der Waals surface area contributed by atoms with E-state index in [-0.39, 0.29) is 11.6 Å². The van der Waals surface area contributed by atoms with Gasteiger partial charge in [-0.05, 0) is 13.3 Å². The molecule has 0 aromatic carbocycles. The summed E-state index contributed by atoms with van der Waals surface area (Å²) in [4.78, 5) is 4.01. The Labute approximate surface area is 95.0 Å². The lowest BCUT2D eigenvalue weighted by molar-refractivity contribution is 0.277. The first-order chi connectivity index (χ1) is 7.70. The Bertz CT molecular complexity index is 518. The third kappa shape index (κ3) is 2.06. The van der Waals surface area contributed by atoms with Crippen molar-refractivity contribution in [2.75, 3.05) is 0 Å². The van der Waals surface area contributed by atoms with E-state index < -0.39 is 0 Å². The molecule has 0 aliphatic heterocycles. The van der Waals surface area contributed by atoms with Gasteiger partial charge in [-0.2, -0.15) is 4.37 Å². The predicted octanol–water partition coefficient (Wildman–Crippen LogP) is 2.52. The molecule has 0 aliphatic rings. The van der Waals surface area contributed by atoms with Crippen molar-refractivity contribution < 1.29 is 9.63 Å². The monoisotopic (exact) mass is 239 g/mol. The number of aromatic nitrogens is 3. The molecule has 8 heteroatoms. The van der Waals surface area contributed by atoms with Gasteiger partial charge in [0, 0.05) is 11.5 Å². The van der Waals surface area contributed by atoms with Crippen LogP contribution in [-0.4, -0.2) is 19.6 Å². The molecule has 0 saturated heterocycles. The van der Waals surface area contributed by atoms with Crippen molar-refractivity contribution in [2.24, 2.45) is 10.2 Å². The highest BCUT2D eigenvalue weighted by Crippen LogP contribution is 2.32. The Morgan fingerprint density at radius 1 is 1.44 bits per heavy atom. The van der Waals surface area contributed by atoms with Crippen LogP contribution in [0.2, 0.25) is 0 Å². The number of aromatic hydroxyl groups is 1. The number of hydrogen-bond acceptors (Lipinski definition) is 8. The zero-order valence-electron chi connectivity index (χ0n) is 8.71. The van der Waals surface area contributed by atoms with Crippen LogP contribution in [0, 0.1) is 6.92 Å². The van der Waals surface area contributed by atoms with Crippen molar-refractivity contribution in [1.82, 2.24) is 14.5 Å². The maximum absolute atomic E-state index is 9.33. The zero-order valence-corrected chi connectivity index (χ0v) is 9.52. The molecule has 0 unspecified atom stereocenters. The quantitative estimate of drug-likeness (QED) is 0.830. The summed E-state index contributed by atoms with van der Waals surface area (Å²) in [5.41, 5.74) is 0.804. The molecule has 0 aliphatic carbocycles. The number of azo groups is 1. The van der Waals surface area contributed by atoms with Crippen LogP contribution in [-0.2, 0) is 6.42 Å². The van der Waals surface area contributed by atoms with Gasteiger partial charge in [0.05, 0.1) is 0 Å². The molecule has 2 aromatic heterocycles. The average Bonchev–Trinajstić information content (AvgIpc) is 2.82. The maximum atomic E-state index is 9.33. The first kappa shape index (κ1) is 10.7. The molecule has 1 N–H and O–H groups in total. The van der Waals surface area contributed by atoms with Crippen molar-refractivity contribution in [1.29, 1.82) is 0 Å². The fourth-order valence-electron chi connectivity index (χ4n) is 1.06. The van der Waals surface area contributed by atoms with E-state index in [1.807, 2.05) is 6.92 Å². The van der Waals surface area contributed by atoms with Gasteiger partial charge in [-0.15, -0.1) is 10.2 Å². The molecule has 2 heterocycles. The number of rotatable bonds is 3. The second-order valence-corrected chi connectivity index (χ2v) is 3.69. The molecule has 0 bridgehead atoms. The molecule has 2 rings (SSSR count). The summed E-state index contributed by atoms with van der Waals surface area (Å²) < 4.78 is 8.56. The minimum atomic E-state index is -0.332. The second kappa shape index (κ2) is 4.35. The molecule has 2 aromatic rings. The van der Waals surface area contributed by atoms with E-state index in [1.54, 1.807) is 6.92 Å². The number of aryl methyl sites for hydroxylation is 2. The van der Waals surface area contributed by atoms with E-state index in [4.69, 9.17) is 0 Å². The van der Waals surface area contributed by atoms with Crippen LogP contribution in [0.1, 0.15) is 18.4 Å². The fourth-order valence-corrected chi connectivity index (χ4v) is 1.57. The molecular formula is C8H9N5O2S. The summed E-state index contributed by atoms with van der Waals surface area (Å²) in [6.45, 7) is 3.65. The van der Waals surface area contributed by atoms with E-state index in [0.717, 1.165) is 11.5 Å². The SMILES string of the molecule is CCc1noc(O)c1N=Nc1nc(C)ns1. The number of hydrogen-bond donors (Lipinski definition) is 1. The minimum Gasteiger partial charge on any atom is -0.478 e. The van der Waals surface area contributed by atoms with E-state index >= 15 is 0 Å². The summed E-state index contributed by atoms with van der Waals surface area (Å²) in [7, 11) is 0. The van der Waals surface area contributed by atoms with Gasteiger partial charge in [0.1, 0.15) is 11.5 Å². The van der Waals surface area contributed by atoms with Crippen LogP contribution in [0.3, 0.4) is 0 Å². The molecule has 7 nitrogen and oxygen atoms in total. The van der Waals surface area contributed by atoms with Gasteiger partial charge in [0.25, 0.3) is 0 Å². The van der Waals surface area contributed by atoms with Crippen molar-refractivity contribution in [2.45, 2.75) is 20.3 Å². The highest BCUT2D eigenvalue weighted by molar-refractivity contribution is 7.09. The Hall–Kier alpha value is -1.83. The van der Waals surface area contributed by atoms with Crippen LogP contribution >= 0.6 is 11.5 Å². The third-order valence-corrected chi connectivity index (χ3v) is 2.50. The highest BCUT2D eigenvalue weighted by atomic mass is 32.1. The van der Waals surface area contributed by atoms with Crippen molar-refractivity contribution in [3.63, 3.8) is 0 Å². The lowest BCUT2D eigenvalue weighted by Gasteiger charge is -1.87. The van der Waals surface area contributed by atoms with E-state index in [0.29, 0.717) is 23.1 Å². The molecular weight excluding hydrogens is 230 g/mol. The first-order valence-electron chi connectivity index (χ1n) is 4.60. The first-order valence-corrected chi connectivity index (χ1v) is 5.37. The van der Waals surface area contributed by atoms with E-state index in [2.05, 4.69) is 29.3 Å². The van der Waals surface area contributed by atoms with Crippen LogP contribution < -0.4 is 0 Å². The fraction of sp³-hybridized carbons (Fsp3) is 0.375. The van der Waals surface area contributed by atoms with Crippen LogP contribution in [0.5, 0.6) is 5.95 Å². The molecule has 16 heavy (non-hydrogen) atoms. The van der Waals surface area contributed by atoms with Gasteiger partial charge in [-0.1, -0.05) is 12.1 Å². The summed E-state index contributed by atoms with van der Waals surface area (Å²) in [5, 5.41) is 21.1. The smallest absolute Gasteiger partial charge is 0.337 e. The maximum Gasteiger partial charge on any atom is 0.337 e. The summed E-state index contributed by atoms with van der Waals surface area (Å²) in [6, 6.07) is 0. The van der Waals surface area contributed by atoms with Crippen molar-refractivity contribution >= 4 is 22.4 Å². The lowest BCUT2D eigenvalue weighted by atomic mass is 10.3. The lowest BCUT2D eigenvalue weighted by Crippen LogP contribution is -1.77. The minimum absolute atomic E-state index is 0.246. The van der Waals surface area contributed by atoms with E-state index in [1.165, 1.54) is 0 Å². The summed E-state index contributed by atoms with van der Waals surface area (Å²) >= 11 is 1.14. The van der Waals surface area contributed by atoms with E-state index in [9.17, 15) is 5.11 Å². The highest BCUT2D eigenvalue weighted by Gasteiger charge is 2.13. The third-order valence-electron chi connectivity index (χ3n) is 1.81. The molecule has 84 valence electrons. The van der Waals surface area contributed by atoms with Gasteiger partial charge in [-0.25, -0.2) is 4.98 Å². The predicted molar refractivity (Wildman–Crippen MR) is 56.4 cm³/mol. The van der Waals surface area contributed by atoms with Crippen molar-refractivity contribution in [3.05, 3.63) is 11.5 Å². The van der Waals surface area contributed by atoms with Gasteiger partial charge in [0.2, 0.25) is 5.13 Å². The van der Waals surface area contributed by atoms with Crippen molar-refractivity contribution in [3.8, 4) is 5.95 Å². The molecule has 0 saturated carbocycles. The molecule has 0 atom stereocenters. The topological polar surface area (TPSA) is 96.8 Å². The number of nitrogens with zero attached hydrogens (tertiary/aromatic N) is 5. The standard InChI is InChI=1S/C8H9N5O2S/c1-3-5-6(7(14)15-12-5)10-11-8-9-4(2)13-16-8/h14H,3H2,1-2H3. The molecule has 0 fully saturated rings. The van der Waals surface area contributed by atoms with Crippen LogP contribution in [0.25, 0.3) is 0 Å². The average molecular weight is 239 g/mol. The zero-order chi connectivity index (χ0) is 11.5. The molecule has 0 spiro atoms. The van der Waals surface area contributed by atoms with Crippen LogP contribution in [0.4, 0.5) is 10.8 Å². The van der Waals surface area contributed by atoms with Crippen LogP contribution in [0.15, 0.2) is 14.8 Å². The Kier molecular flexibility index (Phi) is 2.91. The molecule has 0 amide bonds. The second-order valence-electron chi connectivity index (χ2n) is 2.96. The van der Waals surface area contributed by atoms with Gasteiger partial charge in [-0.3, -0.25) is 0 Å². The Morgan fingerprint density at radius 3 is 2.88 bits per heavy atom. The molecule has 0 radical (unpaired) electrons. The van der Waals surface area contributed by atoms with Gasteiger partial charge < -0.3 is 9.63 Å². The Balaban J connectivity index is 2.26.